The number of aromatic nitrogens is 2. The normalized spacial score (nSPS) is 14.9. The molecule has 0 saturated carbocycles. The van der Waals surface area contributed by atoms with Crippen LogP contribution in [-0.2, 0) is 10.0 Å². The number of rotatable bonds is 4. The molecule has 1 saturated heterocycles. The lowest BCUT2D eigenvalue weighted by molar-refractivity contribution is 0.0698. The van der Waals surface area contributed by atoms with Crippen molar-refractivity contribution in [1.29, 1.82) is 5.26 Å². The third-order valence-electron chi connectivity index (χ3n) is 5.15. The highest BCUT2D eigenvalue weighted by Crippen LogP contribution is 2.25. The lowest BCUT2D eigenvalue weighted by Crippen LogP contribution is -2.50. The second kappa shape index (κ2) is 8.51. The van der Waals surface area contributed by atoms with Gasteiger partial charge in [0.15, 0.2) is 0 Å². The van der Waals surface area contributed by atoms with Crippen LogP contribution in [0.25, 0.3) is 11.3 Å². The van der Waals surface area contributed by atoms with Crippen molar-refractivity contribution in [3.63, 3.8) is 0 Å². The molecule has 1 aliphatic rings. The Labute approximate surface area is 184 Å². The summed E-state index contributed by atoms with van der Waals surface area (Å²) in [4.78, 5) is 14.7. The van der Waals surface area contributed by atoms with Gasteiger partial charge in [0.2, 0.25) is 10.0 Å². The lowest BCUT2D eigenvalue weighted by Gasteiger charge is -2.34. The molecule has 1 aromatic heterocycles. The second-order valence-electron chi connectivity index (χ2n) is 6.97. The summed E-state index contributed by atoms with van der Waals surface area (Å²) in [6.07, 6.45) is 1.47. The average molecular weight is 456 g/mol. The molecule has 31 heavy (non-hydrogen) atoms. The highest BCUT2D eigenvalue weighted by atomic mass is 35.5. The summed E-state index contributed by atoms with van der Waals surface area (Å²) >= 11 is 5.94. The van der Waals surface area contributed by atoms with Crippen LogP contribution >= 0.6 is 11.6 Å². The van der Waals surface area contributed by atoms with Crippen molar-refractivity contribution in [3.05, 3.63) is 70.9 Å². The van der Waals surface area contributed by atoms with Gasteiger partial charge in [0.05, 0.1) is 27.9 Å². The molecule has 0 radical (unpaired) electrons. The van der Waals surface area contributed by atoms with Gasteiger partial charge in [0.25, 0.3) is 5.91 Å². The lowest BCUT2D eigenvalue weighted by atomic mass is 10.1. The van der Waals surface area contributed by atoms with Gasteiger partial charge in [-0.05, 0) is 24.3 Å². The molecule has 8 nitrogen and oxygen atoms in total. The molecule has 2 heterocycles. The van der Waals surface area contributed by atoms with E-state index >= 15 is 0 Å². The number of H-pyrrole nitrogens is 1. The zero-order chi connectivity index (χ0) is 22.0. The van der Waals surface area contributed by atoms with E-state index in [0.717, 1.165) is 5.56 Å². The molecule has 3 aromatic rings. The van der Waals surface area contributed by atoms with Crippen molar-refractivity contribution in [2.75, 3.05) is 26.2 Å². The third-order valence-corrected chi connectivity index (χ3v) is 7.36. The van der Waals surface area contributed by atoms with Crippen LogP contribution in [0.15, 0.2) is 59.6 Å². The fourth-order valence-corrected chi connectivity index (χ4v) is 5.20. The largest absolute Gasteiger partial charge is 0.336 e. The van der Waals surface area contributed by atoms with E-state index in [-0.39, 0.29) is 42.5 Å². The molecule has 1 amide bonds. The first-order valence-corrected chi connectivity index (χ1v) is 11.3. The standard InChI is InChI=1S/C21H18ClN5O3S/c22-17-7-5-15(6-8-17)20-18(14-24-25-20)21(28)26-9-11-27(12-10-26)31(29,30)19-4-2-1-3-16(19)13-23/h1-8,14H,9-12H2,(H,24,25). The Morgan fingerprint density at radius 3 is 2.42 bits per heavy atom. The molecule has 0 bridgehead atoms. The molecule has 4 rings (SSSR count). The number of hydrogen-bond donors (Lipinski definition) is 1. The maximum Gasteiger partial charge on any atom is 0.257 e. The van der Waals surface area contributed by atoms with Crippen LogP contribution in [0.3, 0.4) is 0 Å². The summed E-state index contributed by atoms with van der Waals surface area (Å²) in [6, 6.07) is 15.1. The van der Waals surface area contributed by atoms with Gasteiger partial charge in [-0.25, -0.2) is 8.42 Å². The van der Waals surface area contributed by atoms with Crippen molar-refractivity contribution >= 4 is 27.5 Å². The van der Waals surface area contributed by atoms with Crippen LogP contribution in [-0.4, -0.2) is 59.9 Å². The number of hydrogen-bond acceptors (Lipinski definition) is 5. The van der Waals surface area contributed by atoms with Gasteiger partial charge in [-0.2, -0.15) is 14.7 Å². The van der Waals surface area contributed by atoms with Crippen LogP contribution in [0.5, 0.6) is 0 Å². The summed E-state index contributed by atoms with van der Waals surface area (Å²) in [6.45, 7) is 0.750. The number of amides is 1. The summed E-state index contributed by atoms with van der Waals surface area (Å²) in [5.74, 6) is -0.229. The number of nitrogens with zero attached hydrogens (tertiary/aromatic N) is 4. The Morgan fingerprint density at radius 1 is 1.06 bits per heavy atom. The Balaban J connectivity index is 1.50. The summed E-state index contributed by atoms with van der Waals surface area (Å²) in [5.41, 5.74) is 1.87. The maximum absolute atomic E-state index is 13.1. The van der Waals surface area contributed by atoms with E-state index in [2.05, 4.69) is 10.2 Å². The minimum Gasteiger partial charge on any atom is -0.336 e. The fourth-order valence-electron chi connectivity index (χ4n) is 3.51. The van der Waals surface area contributed by atoms with Crippen LogP contribution in [0, 0.1) is 11.3 Å². The number of piperazine rings is 1. The summed E-state index contributed by atoms with van der Waals surface area (Å²) in [5, 5.41) is 16.7. The molecule has 1 N–H and O–H groups in total. The molecular weight excluding hydrogens is 438 g/mol. The minimum absolute atomic E-state index is 0.0165. The molecule has 0 aliphatic carbocycles. The van der Waals surface area contributed by atoms with E-state index in [1.54, 1.807) is 41.3 Å². The molecule has 0 atom stereocenters. The van der Waals surface area contributed by atoms with E-state index < -0.39 is 10.0 Å². The smallest absolute Gasteiger partial charge is 0.257 e. The molecular formula is C21H18ClN5O3S. The average Bonchev–Trinajstić information content (AvgIpc) is 3.29. The number of nitriles is 1. The van der Waals surface area contributed by atoms with Crippen molar-refractivity contribution in [1.82, 2.24) is 19.4 Å². The predicted molar refractivity (Wildman–Crippen MR) is 115 cm³/mol. The number of carbonyl (C=O) groups excluding carboxylic acids is 1. The van der Waals surface area contributed by atoms with E-state index in [0.29, 0.717) is 16.3 Å². The number of sulfonamides is 1. The minimum atomic E-state index is -3.82. The van der Waals surface area contributed by atoms with Crippen molar-refractivity contribution in [2.24, 2.45) is 0 Å². The Morgan fingerprint density at radius 2 is 1.74 bits per heavy atom. The SMILES string of the molecule is N#Cc1ccccc1S(=O)(=O)N1CCN(C(=O)c2cn[nH]c2-c2ccc(Cl)cc2)CC1. The van der Waals surface area contributed by atoms with Crippen molar-refractivity contribution in [2.45, 2.75) is 4.90 Å². The molecule has 0 unspecified atom stereocenters. The Bertz CT molecular complexity index is 1260. The molecule has 10 heteroatoms. The highest BCUT2D eigenvalue weighted by Gasteiger charge is 2.32. The van der Waals surface area contributed by atoms with Gasteiger partial charge in [0, 0.05) is 36.8 Å². The first-order valence-electron chi connectivity index (χ1n) is 9.49. The number of halogens is 1. The van der Waals surface area contributed by atoms with E-state index in [1.807, 2.05) is 6.07 Å². The molecule has 0 spiro atoms. The number of benzene rings is 2. The Hall–Kier alpha value is -3.19. The molecule has 158 valence electrons. The molecule has 1 fully saturated rings. The summed E-state index contributed by atoms with van der Waals surface area (Å²) < 4.78 is 27.3. The topological polar surface area (TPSA) is 110 Å². The number of carbonyl (C=O) groups is 1. The zero-order valence-electron chi connectivity index (χ0n) is 16.3. The van der Waals surface area contributed by atoms with Gasteiger partial charge in [-0.3, -0.25) is 9.89 Å². The quantitative estimate of drug-likeness (QED) is 0.650. The van der Waals surface area contributed by atoms with Gasteiger partial charge >= 0.3 is 0 Å². The van der Waals surface area contributed by atoms with Gasteiger partial charge in [-0.1, -0.05) is 35.9 Å². The summed E-state index contributed by atoms with van der Waals surface area (Å²) in [7, 11) is -3.82. The van der Waals surface area contributed by atoms with Gasteiger partial charge in [0.1, 0.15) is 6.07 Å². The maximum atomic E-state index is 13.1. The van der Waals surface area contributed by atoms with Gasteiger partial charge < -0.3 is 4.90 Å². The van der Waals surface area contributed by atoms with Crippen LogP contribution in [0.1, 0.15) is 15.9 Å². The zero-order valence-corrected chi connectivity index (χ0v) is 17.9. The van der Waals surface area contributed by atoms with Gasteiger partial charge in [-0.15, -0.1) is 0 Å². The van der Waals surface area contributed by atoms with E-state index in [1.165, 1.54) is 22.6 Å². The van der Waals surface area contributed by atoms with E-state index in [4.69, 9.17) is 11.6 Å². The van der Waals surface area contributed by atoms with Crippen LogP contribution < -0.4 is 0 Å². The first-order chi connectivity index (χ1) is 14.9. The molecule has 2 aromatic carbocycles. The van der Waals surface area contributed by atoms with E-state index in [9.17, 15) is 18.5 Å². The third kappa shape index (κ3) is 4.05. The first kappa shape index (κ1) is 21.1. The van der Waals surface area contributed by atoms with Crippen molar-refractivity contribution in [3.8, 4) is 17.3 Å². The second-order valence-corrected chi connectivity index (χ2v) is 9.31. The number of nitrogens with one attached hydrogen (secondary N) is 1. The van der Waals surface area contributed by atoms with Crippen LogP contribution in [0.4, 0.5) is 0 Å². The molecule has 1 aliphatic heterocycles. The monoisotopic (exact) mass is 455 g/mol. The van der Waals surface area contributed by atoms with Crippen molar-refractivity contribution < 1.29 is 13.2 Å². The van der Waals surface area contributed by atoms with Crippen LogP contribution in [0.2, 0.25) is 5.02 Å². The Kier molecular flexibility index (Phi) is 5.78. The predicted octanol–water partition coefficient (Wildman–Crippen LogP) is 2.75. The highest BCUT2D eigenvalue weighted by molar-refractivity contribution is 7.89. The fraction of sp³-hybridized carbons (Fsp3) is 0.190. The number of aromatic amines is 1.